The van der Waals surface area contributed by atoms with Crippen molar-refractivity contribution in [1.29, 1.82) is 0 Å². The predicted molar refractivity (Wildman–Crippen MR) is 79.0 cm³/mol. The molecule has 0 fully saturated rings. The number of hydrogen-bond acceptors (Lipinski definition) is 4. The van der Waals surface area contributed by atoms with E-state index in [1.54, 1.807) is 17.5 Å². The van der Waals surface area contributed by atoms with Gasteiger partial charge in [0.25, 0.3) is 0 Å². The molecular weight excluding hydrogens is 258 g/mol. The van der Waals surface area contributed by atoms with Crippen LogP contribution in [0.4, 0.5) is 5.69 Å². The highest BCUT2D eigenvalue weighted by Crippen LogP contribution is 2.24. The number of benzene rings is 1. The van der Waals surface area contributed by atoms with E-state index in [2.05, 4.69) is 10.3 Å². The fraction of sp³-hybridized carbons (Fsp3) is 0.286. The summed E-state index contributed by atoms with van der Waals surface area (Å²) in [4.78, 5) is 16.2. The van der Waals surface area contributed by atoms with Gasteiger partial charge in [0.15, 0.2) is 0 Å². The molecule has 1 aromatic heterocycles. The normalized spacial score (nSPS) is 12.4. The largest absolute Gasteiger partial charge is 0.325 e. The van der Waals surface area contributed by atoms with Gasteiger partial charge in [0.05, 0.1) is 6.04 Å². The Morgan fingerprint density at radius 2 is 2.21 bits per heavy atom. The van der Waals surface area contributed by atoms with Crippen molar-refractivity contribution in [1.82, 2.24) is 4.98 Å². The number of anilines is 1. The van der Waals surface area contributed by atoms with Gasteiger partial charge in [0.2, 0.25) is 5.91 Å². The summed E-state index contributed by atoms with van der Waals surface area (Å²) in [5, 5.41) is 5.70. The lowest BCUT2D eigenvalue weighted by molar-refractivity contribution is -0.118. The lowest BCUT2D eigenvalue weighted by Crippen LogP contribution is -2.39. The second-order valence-electron chi connectivity index (χ2n) is 4.68. The van der Waals surface area contributed by atoms with Crippen LogP contribution in [0.2, 0.25) is 0 Å². The number of nitrogens with two attached hydrogens (primary N) is 1. The highest BCUT2D eigenvalue weighted by atomic mass is 32.1. The molecular formula is C14H17N3OS. The van der Waals surface area contributed by atoms with Gasteiger partial charge in [-0.2, -0.15) is 0 Å². The van der Waals surface area contributed by atoms with E-state index >= 15 is 0 Å². The highest BCUT2D eigenvalue weighted by Gasteiger charge is 2.17. The first kappa shape index (κ1) is 13.7. The molecule has 2 rings (SSSR count). The zero-order chi connectivity index (χ0) is 13.8. The average Bonchev–Trinajstić information content (AvgIpc) is 2.91. The first-order chi connectivity index (χ1) is 9.08. The van der Waals surface area contributed by atoms with Gasteiger partial charge in [0.1, 0.15) is 5.01 Å². The summed E-state index contributed by atoms with van der Waals surface area (Å²) in [5.74, 6) is -0.0477. The molecule has 0 saturated carbocycles. The van der Waals surface area contributed by atoms with Crippen molar-refractivity contribution < 1.29 is 4.79 Å². The van der Waals surface area contributed by atoms with E-state index in [0.29, 0.717) is 0 Å². The van der Waals surface area contributed by atoms with Crippen LogP contribution in [-0.4, -0.2) is 16.9 Å². The van der Waals surface area contributed by atoms with Gasteiger partial charge in [0, 0.05) is 22.8 Å². The zero-order valence-corrected chi connectivity index (χ0v) is 11.8. The third kappa shape index (κ3) is 3.39. The van der Waals surface area contributed by atoms with Crippen LogP contribution in [0.25, 0.3) is 10.6 Å². The molecule has 0 radical (unpaired) electrons. The van der Waals surface area contributed by atoms with E-state index in [-0.39, 0.29) is 11.8 Å². The van der Waals surface area contributed by atoms with Crippen LogP contribution in [0.1, 0.15) is 13.8 Å². The molecule has 2 aromatic rings. The van der Waals surface area contributed by atoms with Gasteiger partial charge >= 0.3 is 0 Å². The van der Waals surface area contributed by atoms with Gasteiger partial charge in [-0.1, -0.05) is 26.0 Å². The summed E-state index contributed by atoms with van der Waals surface area (Å²) < 4.78 is 0. The molecule has 0 unspecified atom stereocenters. The van der Waals surface area contributed by atoms with Crippen molar-refractivity contribution in [2.24, 2.45) is 11.7 Å². The van der Waals surface area contributed by atoms with E-state index in [1.807, 2.05) is 43.5 Å². The van der Waals surface area contributed by atoms with Crippen molar-refractivity contribution in [3.05, 3.63) is 35.8 Å². The molecule has 4 nitrogen and oxygen atoms in total. The first-order valence-electron chi connectivity index (χ1n) is 6.14. The maximum absolute atomic E-state index is 11.9. The number of nitrogens with zero attached hydrogens (tertiary/aromatic N) is 1. The molecule has 1 aromatic carbocycles. The van der Waals surface area contributed by atoms with Gasteiger partial charge in [-0.25, -0.2) is 4.98 Å². The Morgan fingerprint density at radius 1 is 1.42 bits per heavy atom. The lowest BCUT2D eigenvalue weighted by atomic mass is 10.0. The standard InChI is InChI=1S/C14H17N3OS/c1-9(2)12(15)13(18)17-11-5-3-4-10(8-11)14-16-6-7-19-14/h3-9,12H,15H2,1-2H3,(H,17,18)/t12-/m1/s1. The number of hydrogen-bond donors (Lipinski definition) is 2. The molecule has 1 atom stereocenters. The molecule has 0 bridgehead atoms. The monoisotopic (exact) mass is 275 g/mol. The smallest absolute Gasteiger partial charge is 0.241 e. The van der Waals surface area contributed by atoms with Crippen LogP contribution in [0.3, 0.4) is 0 Å². The molecule has 19 heavy (non-hydrogen) atoms. The fourth-order valence-electron chi connectivity index (χ4n) is 1.62. The minimum Gasteiger partial charge on any atom is -0.325 e. The SMILES string of the molecule is CC(C)[C@@H](N)C(=O)Nc1cccc(-c2nccs2)c1. The van der Waals surface area contributed by atoms with Crippen LogP contribution in [0.5, 0.6) is 0 Å². The van der Waals surface area contributed by atoms with Crippen molar-refractivity contribution >= 4 is 22.9 Å². The second kappa shape index (κ2) is 5.95. The number of amides is 1. The lowest BCUT2D eigenvalue weighted by Gasteiger charge is -2.15. The molecule has 100 valence electrons. The topological polar surface area (TPSA) is 68.0 Å². The Hall–Kier alpha value is -1.72. The minimum absolute atomic E-state index is 0.113. The molecule has 1 amide bonds. The van der Waals surface area contributed by atoms with Crippen molar-refractivity contribution in [3.63, 3.8) is 0 Å². The Labute approximate surface area is 116 Å². The Kier molecular flexibility index (Phi) is 4.29. The Balaban J connectivity index is 2.14. The maximum Gasteiger partial charge on any atom is 0.241 e. The van der Waals surface area contributed by atoms with E-state index in [1.165, 1.54) is 0 Å². The molecule has 0 aliphatic rings. The molecule has 0 aliphatic carbocycles. The number of thiazole rings is 1. The number of aromatic nitrogens is 1. The maximum atomic E-state index is 11.9. The van der Waals surface area contributed by atoms with Crippen LogP contribution < -0.4 is 11.1 Å². The van der Waals surface area contributed by atoms with Crippen LogP contribution in [-0.2, 0) is 4.79 Å². The summed E-state index contributed by atoms with van der Waals surface area (Å²) in [5.41, 5.74) is 7.55. The number of carbonyl (C=O) groups excluding carboxylic acids is 1. The second-order valence-corrected chi connectivity index (χ2v) is 5.57. The molecule has 0 saturated heterocycles. The molecule has 5 heteroatoms. The highest BCUT2D eigenvalue weighted by molar-refractivity contribution is 7.13. The van der Waals surface area contributed by atoms with Crippen molar-refractivity contribution in [2.75, 3.05) is 5.32 Å². The van der Waals surface area contributed by atoms with Crippen molar-refractivity contribution in [3.8, 4) is 10.6 Å². The fourth-order valence-corrected chi connectivity index (χ4v) is 2.26. The molecule has 1 heterocycles. The van der Waals surface area contributed by atoms with E-state index in [4.69, 9.17) is 5.73 Å². The van der Waals surface area contributed by atoms with Gasteiger partial charge in [-0.05, 0) is 18.1 Å². The van der Waals surface area contributed by atoms with Gasteiger partial charge < -0.3 is 11.1 Å². The molecule has 0 spiro atoms. The summed E-state index contributed by atoms with van der Waals surface area (Å²) in [6, 6.07) is 7.12. The number of rotatable bonds is 4. The van der Waals surface area contributed by atoms with Crippen LogP contribution in [0, 0.1) is 5.92 Å². The van der Waals surface area contributed by atoms with Crippen molar-refractivity contribution in [2.45, 2.75) is 19.9 Å². The molecule has 3 N–H and O–H groups in total. The van der Waals surface area contributed by atoms with E-state index in [0.717, 1.165) is 16.3 Å². The Morgan fingerprint density at radius 3 is 2.84 bits per heavy atom. The van der Waals surface area contributed by atoms with E-state index in [9.17, 15) is 4.79 Å². The summed E-state index contributed by atoms with van der Waals surface area (Å²) in [6.07, 6.45) is 1.76. The third-order valence-electron chi connectivity index (χ3n) is 2.83. The van der Waals surface area contributed by atoms with Gasteiger partial charge in [-0.3, -0.25) is 4.79 Å². The number of nitrogens with one attached hydrogen (secondary N) is 1. The van der Waals surface area contributed by atoms with E-state index < -0.39 is 6.04 Å². The zero-order valence-electron chi connectivity index (χ0n) is 11.0. The summed E-state index contributed by atoms with van der Waals surface area (Å²) in [7, 11) is 0. The van der Waals surface area contributed by atoms with Crippen LogP contribution in [0.15, 0.2) is 35.8 Å². The first-order valence-corrected chi connectivity index (χ1v) is 7.02. The number of carbonyl (C=O) groups is 1. The quantitative estimate of drug-likeness (QED) is 0.901. The average molecular weight is 275 g/mol. The molecule has 0 aliphatic heterocycles. The minimum atomic E-state index is -0.497. The summed E-state index contributed by atoms with van der Waals surface area (Å²) in [6.45, 7) is 3.85. The Bertz CT molecular complexity index is 552. The van der Waals surface area contributed by atoms with Crippen LogP contribution >= 0.6 is 11.3 Å². The summed E-state index contributed by atoms with van der Waals surface area (Å²) >= 11 is 1.57. The van der Waals surface area contributed by atoms with Gasteiger partial charge in [-0.15, -0.1) is 11.3 Å². The third-order valence-corrected chi connectivity index (χ3v) is 3.65. The predicted octanol–water partition coefficient (Wildman–Crippen LogP) is 2.73.